The summed E-state index contributed by atoms with van der Waals surface area (Å²) in [5.74, 6) is -0.0152. The molecule has 2 amide bonds. The molecule has 1 fully saturated rings. The monoisotopic (exact) mass is 202 g/mol. The van der Waals surface area contributed by atoms with Gasteiger partial charge < -0.3 is 25.9 Å². The van der Waals surface area contributed by atoms with Gasteiger partial charge in [0.05, 0.1) is 13.2 Å². The number of nitrogens with zero attached hydrogens (tertiary/aromatic N) is 2. The van der Waals surface area contributed by atoms with E-state index in [1.807, 2.05) is 0 Å². The molecule has 7 heteroatoms. The maximum Gasteiger partial charge on any atom is 0.317 e. The molecule has 1 aliphatic heterocycles. The van der Waals surface area contributed by atoms with Crippen molar-refractivity contribution < 1.29 is 14.7 Å². The van der Waals surface area contributed by atoms with E-state index in [1.165, 1.54) is 0 Å². The highest BCUT2D eigenvalue weighted by molar-refractivity contribution is 5.85. The lowest BCUT2D eigenvalue weighted by Gasteiger charge is -2.31. The summed E-state index contributed by atoms with van der Waals surface area (Å²) in [6, 6.07) is -0.191. The molecule has 1 aliphatic rings. The van der Waals surface area contributed by atoms with Gasteiger partial charge in [-0.3, -0.25) is 0 Å². The van der Waals surface area contributed by atoms with Crippen molar-refractivity contribution in [2.75, 3.05) is 26.7 Å². The van der Waals surface area contributed by atoms with E-state index in [-0.39, 0.29) is 11.9 Å². The van der Waals surface area contributed by atoms with Crippen molar-refractivity contribution in [1.82, 2.24) is 10.2 Å². The van der Waals surface area contributed by atoms with Gasteiger partial charge in [-0.2, -0.15) is 0 Å². The molecule has 4 N–H and O–H groups in total. The summed E-state index contributed by atoms with van der Waals surface area (Å²) in [5, 5.41) is 13.8. The molecule has 1 saturated heterocycles. The van der Waals surface area contributed by atoms with Crippen LogP contribution in [0.15, 0.2) is 5.16 Å². The molecule has 0 aromatic heterocycles. The lowest BCUT2D eigenvalue weighted by Crippen LogP contribution is -2.52. The lowest BCUT2D eigenvalue weighted by molar-refractivity contribution is 0.0201. The fourth-order valence-electron chi connectivity index (χ4n) is 1.24. The molecule has 1 unspecified atom stereocenters. The van der Waals surface area contributed by atoms with Crippen LogP contribution in [-0.2, 0) is 4.74 Å². The predicted octanol–water partition coefficient (Wildman–Crippen LogP) is -1.23. The van der Waals surface area contributed by atoms with Crippen molar-refractivity contribution in [3.8, 4) is 0 Å². The number of nitrogens with one attached hydrogen (secondary N) is 1. The number of amidine groups is 1. The molecule has 1 heterocycles. The fraction of sp³-hybridized carbons (Fsp3) is 0.714. The average molecular weight is 202 g/mol. The first-order chi connectivity index (χ1) is 6.69. The van der Waals surface area contributed by atoms with Crippen LogP contribution in [0.25, 0.3) is 0 Å². The molecule has 80 valence electrons. The molecule has 0 aromatic rings. The van der Waals surface area contributed by atoms with Gasteiger partial charge in [-0.05, 0) is 0 Å². The molecule has 14 heavy (non-hydrogen) atoms. The van der Waals surface area contributed by atoms with Crippen molar-refractivity contribution in [2.24, 2.45) is 10.9 Å². The van der Waals surface area contributed by atoms with E-state index in [2.05, 4.69) is 10.5 Å². The first kappa shape index (κ1) is 10.6. The Balaban J connectivity index is 2.56. The second-order valence-corrected chi connectivity index (χ2v) is 2.89. The number of oxime groups is 1. The number of amides is 2. The van der Waals surface area contributed by atoms with E-state index in [4.69, 9.17) is 15.7 Å². The Morgan fingerprint density at radius 2 is 2.50 bits per heavy atom. The molecule has 0 aliphatic carbocycles. The third kappa shape index (κ3) is 2.25. The first-order valence-electron chi connectivity index (χ1n) is 4.24. The number of hydrogen-bond acceptors (Lipinski definition) is 4. The zero-order valence-electron chi connectivity index (χ0n) is 7.93. The van der Waals surface area contributed by atoms with Crippen LogP contribution in [-0.4, -0.2) is 54.8 Å². The Hall–Kier alpha value is -1.50. The number of rotatable bonds is 1. The van der Waals surface area contributed by atoms with Crippen LogP contribution in [0.2, 0.25) is 0 Å². The van der Waals surface area contributed by atoms with Crippen molar-refractivity contribution in [2.45, 2.75) is 6.10 Å². The van der Waals surface area contributed by atoms with Crippen LogP contribution in [0.4, 0.5) is 4.79 Å². The minimum Gasteiger partial charge on any atom is -0.409 e. The van der Waals surface area contributed by atoms with Gasteiger partial charge in [0.15, 0.2) is 5.84 Å². The molecular formula is C7H14N4O3. The maximum absolute atomic E-state index is 11.2. The average Bonchev–Trinajstić information content (AvgIpc) is 2.27. The summed E-state index contributed by atoms with van der Waals surface area (Å²) in [4.78, 5) is 12.8. The smallest absolute Gasteiger partial charge is 0.317 e. The molecule has 0 spiro atoms. The highest BCUT2D eigenvalue weighted by Gasteiger charge is 2.26. The minimum absolute atomic E-state index is 0.0152. The van der Waals surface area contributed by atoms with E-state index in [0.717, 1.165) is 0 Å². The summed E-state index contributed by atoms with van der Waals surface area (Å²) in [6.45, 7) is 1.19. The SMILES string of the molecule is CNC(=O)N1CCOC(C(N)=NO)C1. The molecule has 0 saturated carbocycles. The van der Waals surface area contributed by atoms with Crippen molar-refractivity contribution in [3.63, 3.8) is 0 Å². The van der Waals surface area contributed by atoms with Crippen molar-refractivity contribution in [3.05, 3.63) is 0 Å². The Labute approximate surface area is 81.5 Å². The highest BCUT2D eigenvalue weighted by atomic mass is 16.5. The number of morpholine rings is 1. The second-order valence-electron chi connectivity index (χ2n) is 2.89. The van der Waals surface area contributed by atoms with Crippen LogP contribution >= 0.6 is 0 Å². The van der Waals surface area contributed by atoms with E-state index in [1.54, 1.807) is 11.9 Å². The first-order valence-corrected chi connectivity index (χ1v) is 4.24. The van der Waals surface area contributed by atoms with E-state index in [9.17, 15) is 4.79 Å². The summed E-state index contributed by atoms with van der Waals surface area (Å²) >= 11 is 0. The lowest BCUT2D eigenvalue weighted by atomic mass is 10.2. The molecule has 0 bridgehead atoms. The van der Waals surface area contributed by atoms with Gasteiger partial charge in [0, 0.05) is 13.6 Å². The number of carbonyl (C=O) groups excluding carboxylic acids is 1. The zero-order chi connectivity index (χ0) is 10.6. The second kappa shape index (κ2) is 4.66. The van der Waals surface area contributed by atoms with Crippen molar-refractivity contribution >= 4 is 11.9 Å². The van der Waals surface area contributed by atoms with Crippen LogP contribution < -0.4 is 11.1 Å². The number of urea groups is 1. The minimum atomic E-state index is -0.522. The fourth-order valence-corrected chi connectivity index (χ4v) is 1.24. The third-order valence-electron chi connectivity index (χ3n) is 2.01. The largest absolute Gasteiger partial charge is 0.409 e. The number of carbonyl (C=O) groups is 1. The molecule has 0 radical (unpaired) electrons. The van der Waals surface area contributed by atoms with Crippen LogP contribution in [0.3, 0.4) is 0 Å². The van der Waals surface area contributed by atoms with Gasteiger partial charge in [-0.25, -0.2) is 4.79 Å². The zero-order valence-corrected chi connectivity index (χ0v) is 7.93. The maximum atomic E-state index is 11.2. The standard InChI is InChI=1S/C7H14N4O3/c1-9-7(12)11-2-3-14-5(4-11)6(8)10-13/h5,13H,2-4H2,1H3,(H2,8,10)(H,9,12). The van der Waals surface area contributed by atoms with Crippen LogP contribution in [0, 0.1) is 0 Å². The summed E-state index contributed by atoms with van der Waals surface area (Å²) in [7, 11) is 1.55. The Kier molecular flexibility index (Phi) is 3.52. The highest BCUT2D eigenvalue weighted by Crippen LogP contribution is 2.05. The number of hydrogen-bond donors (Lipinski definition) is 3. The van der Waals surface area contributed by atoms with Crippen LogP contribution in [0.5, 0.6) is 0 Å². The topological polar surface area (TPSA) is 100 Å². The predicted molar refractivity (Wildman–Crippen MR) is 49.2 cm³/mol. The normalized spacial score (nSPS) is 23.4. The third-order valence-corrected chi connectivity index (χ3v) is 2.01. The van der Waals surface area contributed by atoms with E-state index in [0.29, 0.717) is 19.7 Å². The van der Waals surface area contributed by atoms with Crippen molar-refractivity contribution in [1.29, 1.82) is 0 Å². The van der Waals surface area contributed by atoms with Gasteiger partial charge >= 0.3 is 6.03 Å². The number of nitrogens with two attached hydrogens (primary N) is 1. The molecule has 1 rings (SSSR count). The summed E-state index contributed by atoms with van der Waals surface area (Å²) in [6.07, 6.45) is -0.522. The molecular weight excluding hydrogens is 188 g/mol. The number of ether oxygens (including phenoxy) is 1. The molecule has 1 atom stereocenters. The van der Waals surface area contributed by atoms with E-state index >= 15 is 0 Å². The Morgan fingerprint density at radius 3 is 3.07 bits per heavy atom. The van der Waals surface area contributed by atoms with Gasteiger partial charge in [0.2, 0.25) is 0 Å². The van der Waals surface area contributed by atoms with Crippen LogP contribution in [0.1, 0.15) is 0 Å². The quantitative estimate of drug-likeness (QED) is 0.214. The van der Waals surface area contributed by atoms with E-state index < -0.39 is 6.10 Å². The van der Waals surface area contributed by atoms with Gasteiger partial charge in [0.25, 0.3) is 0 Å². The summed E-state index contributed by atoms with van der Waals surface area (Å²) < 4.78 is 5.22. The molecule has 0 aromatic carbocycles. The van der Waals surface area contributed by atoms with Gasteiger partial charge in [0.1, 0.15) is 6.10 Å². The van der Waals surface area contributed by atoms with Gasteiger partial charge in [-0.15, -0.1) is 0 Å². The molecule has 7 nitrogen and oxygen atoms in total. The summed E-state index contributed by atoms with van der Waals surface area (Å²) in [5.41, 5.74) is 5.37. The Morgan fingerprint density at radius 1 is 1.79 bits per heavy atom. The van der Waals surface area contributed by atoms with Gasteiger partial charge in [-0.1, -0.05) is 5.16 Å². The Bertz CT molecular complexity index is 243.